The van der Waals surface area contributed by atoms with Gasteiger partial charge in [-0.3, -0.25) is 4.79 Å². The summed E-state index contributed by atoms with van der Waals surface area (Å²) in [7, 11) is 0. The molecular weight excluding hydrogens is 148 g/mol. The third-order valence-electron chi connectivity index (χ3n) is 4.11. The summed E-state index contributed by atoms with van der Waals surface area (Å²) in [6.45, 7) is 1.99. The molecule has 12 heavy (non-hydrogen) atoms. The van der Waals surface area contributed by atoms with E-state index >= 15 is 0 Å². The van der Waals surface area contributed by atoms with Crippen molar-refractivity contribution in [2.45, 2.75) is 26.2 Å². The van der Waals surface area contributed by atoms with Gasteiger partial charge in [-0.1, -0.05) is 6.08 Å². The van der Waals surface area contributed by atoms with Crippen LogP contribution in [0.25, 0.3) is 0 Å². The Balaban J connectivity index is 2.02. The van der Waals surface area contributed by atoms with Crippen molar-refractivity contribution < 1.29 is 4.79 Å². The quantitative estimate of drug-likeness (QED) is 0.533. The van der Waals surface area contributed by atoms with Crippen molar-refractivity contribution in [3.63, 3.8) is 0 Å². The van der Waals surface area contributed by atoms with Gasteiger partial charge in [0.2, 0.25) is 0 Å². The summed E-state index contributed by atoms with van der Waals surface area (Å²) in [4.78, 5) is 11.7. The minimum absolute atomic E-state index is 0.420. The van der Waals surface area contributed by atoms with E-state index in [4.69, 9.17) is 0 Å². The van der Waals surface area contributed by atoms with Crippen LogP contribution < -0.4 is 0 Å². The van der Waals surface area contributed by atoms with Crippen molar-refractivity contribution in [2.24, 2.45) is 23.7 Å². The molecule has 2 fully saturated rings. The van der Waals surface area contributed by atoms with E-state index in [1.54, 1.807) is 0 Å². The average molecular weight is 162 g/mol. The van der Waals surface area contributed by atoms with E-state index in [1.807, 2.05) is 6.92 Å². The summed E-state index contributed by atoms with van der Waals surface area (Å²) < 4.78 is 0. The molecule has 3 rings (SSSR count). The molecule has 0 N–H and O–H groups in total. The number of hydrogen-bond acceptors (Lipinski definition) is 1. The van der Waals surface area contributed by atoms with Crippen LogP contribution in [0.5, 0.6) is 0 Å². The molecule has 0 spiro atoms. The first kappa shape index (κ1) is 6.88. The lowest BCUT2D eigenvalue weighted by Gasteiger charge is -2.22. The second kappa shape index (κ2) is 2.01. The molecule has 0 amide bonds. The first-order valence-electron chi connectivity index (χ1n) is 5.00. The molecule has 0 aromatic carbocycles. The average Bonchev–Trinajstić information content (AvgIpc) is 2.66. The topological polar surface area (TPSA) is 17.1 Å². The van der Waals surface area contributed by atoms with Gasteiger partial charge in [-0.05, 0) is 49.5 Å². The van der Waals surface area contributed by atoms with Gasteiger partial charge in [0, 0.05) is 5.92 Å². The van der Waals surface area contributed by atoms with E-state index in [-0.39, 0.29) is 0 Å². The Kier molecular flexibility index (Phi) is 1.15. The van der Waals surface area contributed by atoms with Crippen LogP contribution in [0.2, 0.25) is 0 Å². The predicted octanol–water partition coefficient (Wildman–Crippen LogP) is 2.18. The lowest BCUT2D eigenvalue weighted by Crippen LogP contribution is -2.23. The van der Waals surface area contributed by atoms with E-state index in [0.29, 0.717) is 17.6 Å². The van der Waals surface area contributed by atoms with E-state index in [1.165, 1.54) is 19.3 Å². The standard InChI is InChI=1S/C11H14O/c1-6-4-9-7-2-3-8(5-7)10(9)11(6)12/h4,7-10H,2-3,5H2,1H3/t7-,8+,9+,10-/m0/s1. The Morgan fingerprint density at radius 3 is 2.83 bits per heavy atom. The molecule has 64 valence electrons. The van der Waals surface area contributed by atoms with E-state index in [9.17, 15) is 4.79 Å². The van der Waals surface area contributed by atoms with Crippen molar-refractivity contribution in [3.05, 3.63) is 11.6 Å². The number of carbonyl (C=O) groups is 1. The molecule has 4 atom stereocenters. The third-order valence-corrected chi connectivity index (χ3v) is 4.11. The number of ketones is 1. The summed E-state index contributed by atoms with van der Waals surface area (Å²) in [5.41, 5.74) is 1.04. The molecule has 0 aromatic rings. The predicted molar refractivity (Wildman–Crippen MR) is 46.6 cm³/mol. The van der Waals surface area contributed by atoms with Gasteiger partial charge in [-0.25, -0.2) is 0 Å². The number of fused-ring (bicyclic) bond motifs is 5. The van der Waals surface area contributed by atoms with Crippen molar-refractivity contribution in [2.75, 3.05) is 0 Å². The van der Waals surface area contributed by atoms with Gasteiger partial charge < -0.3 is 0 Å². The van der Waals surface area contributed by atoms with Gasteiger partial charge in [-0.2, -0.15) is 0 Å². The molecule has 2 saturated carbocycles. The van der Waals surface area contributed by atoms with E-state index in [2.05, 4.69) is 6.08 Å². The molecule has 3 aliphatic carbocycles. The highest BCUT2D eigenvalue weighted by Gasteiger charge is 2.52. The molecular formula is C11H14O. The molecule has 1 heteroatoms. The molecule has 2 bridgehead atoms. The Bertz CT molecular complexity index is 277. The maximum atomic E-state index is 11.7. The van der Waals surface area contributed by atoms with Gasteiger partial charge in [-0.15, -0.1) is 0 Å². The lowest BCUT2D eigenvalue weighted by atomic mass is 9.81. The number of allylic oxidation sites excluding steroid dienone is 2. The van der Waals surface area contributed by atoms with Crippen molar-refractivity contribution >= 4 is 5.78 Å². The number of hydrogen-bond donors (Lipinski definition) is 0. The molecule has 1 nitrogen and oxygen atoms in total. The van der Waals surface area contributed by atoms with Crippen LogP contribution in [0.4, 0.5) is 0 Å². The normalized spacial score (nSPS) is 49.8. The largest absolute Gasteiger partial charge is 0.294 e. The van der Waals surface area contributed by atoms with Crippen LogP contribution in [-0.2, 0) is 4.79 Å². The lowest BCUT2D eigenvalue weighted by molar-refractivity contribution is -0.120. The van der Waals surface area contributed by atoms with Gasteiger partial charge in [0.25, 0.3) is 0 Å². The summed E-state index contributed by atoms with van der Waals surface area (Å²) in [6.07, 6.45) is 6.28. The Hall–Kier alpha value is -0.590. The number of rotatable bonds is 0. The zero-order chi connectivity index (χ0) is 8.29. The summed E-state index contributed by atoms with van der Waals surface area (Å²) in [5.74, 6) is 3.15. The van der Waals surface area contributed by atoms with Crippen molar-refractivity contribution in [1.29, 1.82) is 0 Å². The summed E-state index contributed by atoms with van der Waals surface area (Å²) >= 11 is 0. The van der Waals surface area contributed by atoms with Crippen LogP contribution in [0.3, 0.4) is 0 Å². The van der Waals surface area contributed by atoms with Gasteiger partial charge in [0.1, 0.15) is 0 Å². The highest BCUT2D eigenvalue weighted by atomic mass is 16.1. The first-order chi connectivity index (χ1) is 5.77. The van der Waals surface area contributed by atoms with Crippen molar-refractivity contribution in [3.8, 4) is 0 Å². The number of carbonyl (C=O) groups excluding carboxylic acids is 1. The molecule has 0 aliphatic heterocycles. The minimum Gasteiger partial charge on any atom is -0.294 e. The molecule has 0 unspecified atom stereocenters. The molecule has 3 aliphatic rings. The fourth-order valence-corrected chi connectivity index (χ4v) is 3.60. The fraction of sp³-hybridized carbons (Fsp3) is 0.727. The van der Waals surface area contributed by atoms with Gasteiger partial charge in [0.05, 0.1) is 0 Å². The zero-order valence-corrected chi connectivity index (χ0v) is 7.42. The molecule has 0 heterocycles. The van der Waals surface area contributed by atoms with Gasteiger partial charge in [0.15, 0.2) is 5.78 Å². The molecule has 0 saturated heterocycles. The third kappa shape index (κ3) is 0.634. The Morgan fingerprint density at radius 1 is 1.33 bits per heavy atom. The van der Waals surface area contributed by atoms with Crippen LogP contribution in [0.15, 0.2) is 11.6 Å². The smallest absolute Gasteiger partial charge is 0.162 e. The van der Waals surface area contributed by atoms with E-state index < -0.39 is 0 Å². The van der Waals surface area contributed by atoms with Crippen molar-refractivity contribution in [1.82, 2.24) is 0 Å². The molecule has 0 aromatic heterocycles. The molecule has 0 radical (unpaired) electrons. The highest BCUT2D eigenvalue weighted by molar-refractivity contribution is 6.00. The van der Waals surface area contributed by atoms with Crippen LogP contribution in [0.1, 0.15) is 26.2 Å². The zero-order valence-electron chi connectivity index (χ0n) is 7.42. The van der Waals surface area contributed by atoms with Gasteiger partial charge >= 0.3 is 0 Å². The monoisotopic (exact) mass is 162 g/mol. The van der Waals surface area contributed by atoms with Crippen LogP contribution in [0, 0.1) is 23.7 Å². The highest BCUT2D eigenvalue weighted by Crippen LogP contribution is 2.56. The Labute approximate surface area is 72.8 Å². The second-order valence-corrected chi connectivity index (χ2v) is 4.65. The van der Waals surface area contributed by atoms with Crippen LogP contribution in [-0.4, -0.2) is 5.78 Å². The second-order valence-electron chi connectivity index (χ2n) is 4.65. The maximum Gasteiger partial charge on any atom is 0.162 e. The SMILES string of the molecule is CC1=C[C@@H]2[C@H]3CC[C@H](C3)[C@@H]2C1=O. The minimum atomic E-state index is 0.420. The number of Topliss-reactive ketones (excluding diaryl/α,β-unsaturated/α-hetero) is 1. The summed E-state index contributed by atoms with van der Waals surface area (Å²) in [5, 5.41) is 0. The first-order valence-corrected chi connectivity index (χ1v) is 5.00. The van der Waals surface area contributed by atoms with E-state index in [0.717, 1.165) is 17.4 Å². The fourth-order valence-electron chi connectivity index (χ4n) is 3.60. The summed E-state index contributed by atoms with van der Waals surface area (Å²) in [6, 6.07) is 0. The maximum absolute atomic E-state index is 11.7. The van der Waals surface area contributed by atoms with Crippen LogP contribution >= 0.6 is 0 Å². The Morgan fingerprint density at radius 2 is 2.08 bits per heavy atom.